The second-order valence-corrected chi connectivity index (χ2v) is 7.18. The Labute approximate surface area is 151 Å². The van der Waals surface area contributed by atoms with Gasteiger partial charge in [0.1, 0.15) is 0 Å². The standard InChI is InChI=1S/C22H28N2O/c1-18(2)20-9-11-21(12-10-20)22(25)24-14-6-13-23(15-16-24)17-19-7-4-3-5-8-19/h3-5,7-12,18H,6,13-17H2,1-2H3. The molecule has 0 atom stereocenters. The minimum Gasteiger partial charge on any atom is -0.337 e. The molecule has 3 nitrogen and oxygen atoms in total. The van der Waals surface area contributed by atoms with Crippen LogP contribution >= 0.6 is 0 Å². The molecule has 0 aromatic heterocycles. The van der Waals surface area contributed by atoms with Crippen LogP contribution in [0.2, 0.25) is 0 Å². The van der Waals surface area contributed by atoms with Crippen LogP contribution in [0.4, 0.5) is 0 Å². The first-order valence-electron chi connectivity index (χ1n) is 9.29. The molecule has 1 fully saturated rings. The molecule has 0 spiro atoms. The highest BCUT2D eigenvalue weighted by Crippen LogP contribution is 2.17. The van der Waals surface area contributed by atoms with E-state index in [-0.39, 0.29) is 5.91 Å². The van der Waals surface area contributed by atoms with Crippen molar-refractivity contribution in [1.29, 1.82) is 0 Å². The smallest absolute Gasteiger partial charge is 0.253 e. The third-order valence-electron chi connectivity index (χ3n) is 4.95. The van der Waals surface area contributed by atoms with E-state index in [1.165, 1.54) is 11.1 Å². The molecule has 0 saturated carbocycles. The second kappa shape index (κ2) is 8.30. The first kappa shape index (κ1) is 17.7. The number of carbonyl (C=O) groups is 1. The number of nitrogens with zero attached hydrogens (tertiary/aromatic N) is 2. The van der Waals surface area contributed by atoms with E-state index in [0.717, 1.165) is 44.7 Å². The zero-order chi connectivity index (χ0) is 17.6. The molecule has 25 heavy (non-hydrogen) atoms. The van der Waals surface area contributed by atoms with Crippen molar-refractivity contribution in [3.8, 4) is 0 Å². The van der Waals surface area contributed by atoms with E-state index in [9.17, 15) is 4.79 Å². The minimum absolute atomic E-state index is 0.164. The molecule has 132 valence electrons. The topological polar surface area (TPSA) is 23.6 Å². The van der Waals surface area contributed by atoms with Crippen molar-refractivity contribution in [2.75, 3.05) is 26.2 Å². The van der Waals surface area contributed by atoms with Gasteiger partial charge in [0, 0.05) is 38.3 Å². The third-order valence-corrected chi connectivity index (χ3v) is 4.95. The van der Waals surface area contributed by atoms with Gasteiger partial charge < -0.3 is 4.90 Å². The molecule has 3 heteroatoms. The maximum absolute atomic E-state index is 12.8. The zero-order valence-electron chi connectivity index (χ0n) is 15.3. The van der Waals surface area contributed by atoms with Crippen LogP contribution in [0, 0.1) is 0 Å². The third kappa shape index (κ3) is 4.70. The van der Waals surface area contributed by atoms with E-state index in [0.29, 0.717) is 5.92 Å². The van der Waals surface area contributed by atoms with Crippen molar-refractivity contribution in [2.45, 2.75) is 32.7 Å². The molecule has 0 bridgehead atoms. The Morgan fingerprint density at radius 2 is 1.64 bits per heavy atom. The normalized spacial score (nSPS) is 16.0. The van der Waals surface area contributed by atoms with E-state index >= 15 is 0 Å². The van der Waals surface area contributed by atoms with Gasteiger partial charge in [-0.05, 0) is 35.6 Å². The number of amides is 1. The van der Waals surface area contributed by atoms with E-state index in [1.807, 2.05) is 17.0 Å². The minimum atomic E-state index is 0.164. The summed E-state index contributed by atoms with van der Waals surface area (Å²) < 4.78 is 0. The van der Waals surface area contributed by atoms with Crippen molar-refractivity contribution in [1.82, 2.24) is 9.80 Å². The average molecular weight is 336 g/mol. The maximum Gasteiger partial charge on any atom is 0.253 e. The highest BCUT2D eigenvalue weighted by Gasteiger charge is 2.20. The molecule has 1 aliphatic rings. The van der Waals surface area contributed by atoms with Crippen LogP contribution in [-0.4, -0.2) is 41.9 Å². The molecule has 1 saturated heterocycles. The SMILES string of the molecule is CC(C)c1ccc(C(=O)N2CCCN(Cc3ccccc3)CC2)cc1. The summed E-state index contributed by atoms with van der Waals surface area (Å²) >= 11 is 0. The van der Waals surface area contributed by atoms with Crippen molar-refractivity contribution < 1.29 is 4.79 Å². The Kier molecular flexibility index (Phi) is 5.87. The number of benzene rings is 2. The van der Waals surface area contributed by atoms with Gasteiger partial charge in [0.25, 0.3) is 5.91 Å². The van der Waals surface area contributed by atoms with Crippen molar-refractivity contribution in [3.05, 3.63) is 71.3 Å². The van der Waals surface area contributed by atoms with Crippen molar-refractivity contribution in [3.63, 3.8) is 0 Å². The van der Waals surface area contributed by atoms with Crippen LogP contribution in [-0.2, 0) is 6.54 Å². The van der Waals surface area contributed by atoms with Crippen LogP contribution in [0.15, 0.2) is 54.6 Å². The van der Waals surface area contributed by atoms with E-state index < -0.39 is 0 Å². The number of hydrogen-bond donors (Lipinski definition) is 0. The first-order chi connectivity index (χ1) is 12.1. The molecule has 0 radical (unpaired) electrons. The summed E-state index contributed by atoms with van der Waals surface area (Å²) in [5.41, 5.74) is 3.42. The number of hydrogen-bond acceptors (Lipinski definition) is 2. The van der Waals surface area contributed by atoms with Gasteiger partial charge in [0.05, 0.1) is 0 Å². The Morgan fingerprint density at radius 3 is 2.32 bits per heavy atom. The van der Waals surface area contributed by atoms with E-state index in [1.54, 1.807) is 0 Å². The van der Waals surface area contributed by atoms with Gasteiger partial charge in [-0.3, -0.25) is 9.69 Å². The molecule has 1 aliphatic heterocycles. The molecule has 2 aromatic rings. The lowest BCUT2D eigenvalue weighted by Gasteiger charge is -2.22. The highest BCUT2D eigenvalue weighted by molar-refractivity contribution is 5.94. The Hall–Kier alpha value is -2.13. The summed E-state index contributed by atoms with van der Waals surface area (Å²) in [5, 5.41) is 0. The fourth-order valence-electron chi connectivity index (χ4n) is 3.37. The van der Waals surface area contributed by atoms with Gasteiger partial charge >= 0.3 is 0 Å². The monoisotopic (exact) mass is 336 g/mol. The summed E-state index contributed by atoms with van der Waals surface area (Å²) in [6.45, 7) is 8.94. The summed E-state index contributed by atoms with van der Waals surface area (Å²) in [4.78, 5) is 17.3. The molecular weight excluding hydrogens is 308 g/mol. The summed E-state index contributed by atoms with van der Waals surface area (Å²) in [7, 11) is 0. The van der Waals surface area contributed by atoms with Crippen molar-refractivity contribution >= 4 is 5.91 Å². The summed E-state index contributed by atoms with van der Waals surface area (Å²) in [5.74, 6) is 0.658. The molecule has 1 heterocycles. The van der Waals surface area contributed by atoms with Crippen LogP contribution in [0.3, 0.4) is 0 Å². The molecule has 3 rings (SSSR count). The molecule has 1 amide bonds. The Bertz CT molecular complexity index is 679. The molecular formula is C22H28N2O. The maximum atomic E-state index is 12.8. The molecule has 0 unspecified atom stereocenters. The fourth-order valence-corrected chi connectivity index (χ4v) is 3.37. The largest absolute Gasteiger partial charge is 0.337 e. The second-order valence-electron chi connectivity index (χ2n) is 7.18. The van der Waals surface area contributed by atoms with Gasteiger partial charge in [0.2, 0.25) is 0 Å². The van der Waals surface area contributed by atoms with Gasteiger partial charge in [-0.25, -0.2) is 0 Å². The van der Waals surface area contributed by atoms with Crippen molar-refractivity contribution in [2.24, 2.45) is 0 Å². The summed E-state index contributed by atoms with van der Waals surface area (Å²) in [6.07, 6.45) is 1.03. The molecule has 2 aromatic carbocycles. The number of carbonyl (C=O) groups excluding carboxylic acids is 1. The van der Waals surface area contributed by atoms with Crippen LogP contribution in [0.25, 0.3) is 0 Å². The van der Waals surface area contributed by atoms with Gasteiger partial charge in [-0.15, -0.1) is 0 Å². The quantitative estimate of drug-likeness (QED) is 0.837. The van der Waals surface area contributed by atoms with Crippen LogP contribution in [0.5, 0.6) is 0 Å². The first-order valence-corrected chi connectivity index (χ1v) is 9.29. The zero-order valence-corrected chi connectivity index (χ0v) is 15.3. The van der Waals surface area contributed by atoms with Gasteiger partial charge in [-0.1, -0.05) is 56.3 Å². The van der Waals surface area contributed by atoms with Gasteiger partial charge in [0.15, 0.2) is 0 Å². The molecule has 0 N–H and O–H groups in total. The Balaban J connectivity index is 1.59. The molecule has 0 aliphatic carbocycles. The fraction of sp³-hybridized carbons (Fsp3) is 0.409. The lowest BCUT2D eigenvalue weighted by atomic mass is 10.0. The Morgan fingerprint density at radius 1 is 0.920 bits per heavy atom. The van der Waals surface area contributed by atoms with Crippen LogP contribution in [0.1, 0.15) is 47.7 Å². The predicted octanol–water partition coefficient (Wildman–Crippen LogP) is 4.16. The lowest BCUT2D eigenvalue weighted by molar-refractivity contribution is 0.0761. The van der Waals surface area contributed by atoms with Gasteiger partial charge in [-0.2, -0.15) is 0 Å². The highest BCUT2D eigenvalue weighted by atomic mass is 16.2. The summed E-state index contributed by atoms with van der Waals surface area (Å²) in [6, 6.07) is 18.7. The lowest BCUT2D eigenvalue weighted by Crippen LogP contribution is -2.35. The predicted molar refractivity (Wildman–Crippen MR) is 103 cm³/mol. The van der Waals surface area contributed by atoms with E-state index in [2.05, 4.69) is 61.2 Å². The number of rotatable bonds is 4. The van der Waals surface area contributed by atoms with E-state index in [4.69, 9.17) is 0 Å². The van der Waals surface area contributed by atoms with Crippen LogP contribution < -0.4 is 0 Å². The average Bonchev–Trinajstić information content (AvgIpc) is 2.88.